The molecule has 1 saturated heterocycles. The van der Waals surface area contributed by atoms with E-state index in [0.29, 0.717) is 6.54 Å². The summed E-state index contributed by atoms with van der Waals surface area (Å²) in [5, 5.41) is 0. The van der Waals surface area contributed by atoms with Gasteiger partial charge >= 0.3 is 0 Å². The first kappa shape index (κ1) is 15.9. The summed E-state index contributed by atoms with van der Waals surface area (Å²) >= 11 is 0. The summed E-state index contributed by atoms with van der Waals surface area (Å²) in [6.07, 6.45) is 0.810. The van der Waals surface area contributed by atoms with Crippen LogP contribution in [0.25, 0.3) is 0 Å². The van der Waals surface area contributed by atoms with Crippen LogP contribution in [-0.2, 0) is 14.2 Å². The average Bonchev–Trinajstić information content (AvgIpc) is 2.28. The number of rotatable bonds is 3. The van der Waals surface area contributed by atoms with Gasteiger partial charge in [-0.15, -0.1) is 0 Å². The Bertz CT molecular complexity index is 283. The molecule has 1 heterocycles. The monoisotopic (exact) mass is 259 g/mol. The highest BCUT2D eigenvalue weighted by Crippen LogP contribution is 2.45. The molecule has 1 aliphatic heterocycles. The van der Waals surface area contributed by atoms with E-state index in [1.54, 1.807) is 14.2 Å². The average molecular weight is 259 g/mol. The maximum atomic E-state index is 6.16. The van der Waals surface area contributed by atoms with Gasteiger partial charge in [0.2, 0.25) is 0 Å². The standard InChI is InChI=1S/C14H29NO3/c1-10-14(9-15,17-7)13(5,16-6)8-11(18-10)12(2,3)4/h10-11H,8-9,15H2,1-7H3. The predicted molar refractivity (Wildman–Crippen MR) is 72.6 cm³/mol. The minimum atomic E-state index is -0.594. The molecule has 0 amide bonds. The summed E-state index contributed by atoms with van der Waals surface area (Å²) < 4.78 is 17.7. The van der Waals surface area contributed by atoms with Crippen molar-refractivity contribution < 1.29 is 14.2 Å². The molecular formula is C14H29NO3. The summed E-state index contributed by atoms with van der Waals surface area (Å²) in [4.78, 5) is 0. The quantitative estimate of drug-likeness (QED) is 0.842. The van der Waals surface area contributed by atoms with Crippen molar-refractivity contribution >= 4 is 0 Å². The highest BCUT2D eigenvalue weighted by molar-refractivity contribution is 5.09. The van der Waals surface area contributed by atoms with Gasteiger partial charge in [0.05, 0.1) is 12.2 Å². The SMILES string of the molecule is COC1(C)CC(C(C)(C)C)OC(C)C1(CN)OC. The van der Waals surface area contributed by atoms with Crippen LogP contribution >= 0.6 is 0 Å². The highest BCUT2D eigenvalue weighted by Gasteiger charge is 2.58. The minimum Gasteiger partial charge on any atom is -0.375 e. The normalized spacial score (nSPS) is 42.0. The van der Waals surface area contributed by atoms with Crippen LogP contribution in [0.2, 0.25) is 0 Å². The first-order chi connectivity index (χ1) is 8.16. The van der Waals surface area contributed by atoms with Gasteiger partial charge in [0, 0.05) is 27.2 Å². The molecule has 0 aromatic rings. The van der Waals surface area contributed by atoms with E-state index in [2.05, 4.69) is 27.7 Å². The molecule has 0 aromatic heterocycles. The molecule has 2 N–H and O–H groups in total. The second-order valence-electron chi connectivity index (χ2n) is 6.57. The smallest absolute Gasteiger partial charge is 0.134 e. The zero-order valence-electron chi connectivity index (χ0n) is 12.9. The number of nitrogens with two attached hydrogens (primary N) is 1. The molecule has 0 spiro atoms. The summed E-state index contributed by atoms with van der Waals surface area (Å²) in [5.41, 5.74) is 5.00. The molecule has 0 aromatic carbocycles. The van der Waals surface area contributed by atoms with Crippen molar-refractivity contribution in [2.45, 2.75) is 64.4 Å². The van der Waals surface area contributed by atoms with E-state index in [1.165, 1.54) is 0 Å². The van der Waals surface area contributed by atoms with Crippen LogP contribution in [0.4, 0.5) is 0 Å². The Kier molecular flexibility index (Phi) is 4.49. The van der Waals surface area contributed by atoms with Gasteiger partial charge < -0.3 is 19.9 Å². The van der Waals surface area contributed by atoms with Crippen molar-refractivity contribution in [3.05, 3.63) is 0 Å². The van der Waals surface area contributed by atoms with Crippen LogP contribution in [0.3, 0.4) is 0 Å². The van der Waals surface area contributed by atoms with E-state index in [1.807, 2.05) is 6.92 Å². The minimum absolute atomic E-state index is 0.0720. The molecule has 1 aliphatic rings. The molecule has 4 heteroatoms. The van der Waals surface area contributed by atoms with Crippen LogP contribution < -0.4 is 5.73 Å². The van der Waals surface area contributed by atoms with Gasteiger partial charge in [-0.05, 0) is 19.3 Å². The predicted octanol–water partition coefficient (Wildman–Crippen LogP) is 1.96. The third-order valence-corrected chi connectivity index (χ3v) is 4.58. The van der Waals surface area contributed by atoms with E-state index in [-0.39, 0.29) is 17.6 Å². The first-order valence-electron chi connectivity index (χ1n) is 6.62. The fourth-order valence-corrected chi connectivity index (χ4v) is 2.97. The van der Waals surface area contributed by atoms with Gasteiger partial charge in [0.15, 0.2) is 0 Å². The van der Waals surface area contributed by atoms with Crippen LogP contribution in [-0.4, -0.2) is 44.2 Å². The Balaban J connectivity index is 3.13. The number of hydrogen-bond acceptors (Lipinski definition) is 4. The molecule has 108 valence electrons. The lowest BCUT2D eigenvalue weighted by Gasteiger charge is -2.56. The molecule has 1 fully saturated rings. The van der Waals surface area contributed by atoms with Crippen molar-refractivity contribution in [1.29, 1.82) is 0 Å². The summed E-state index contributed by atoms with van der Waals surface area (Å²) in [5.74, 6) is 0. The van der Waals surface area contributed by atoms with Crippen LogP contribution in [0.15, 0.2) is 0 Å². The topological polar surface area (TPSA) is 53.7 Å². The highest BCUT2D eigenvalue weighted by atomic mass is 16.6. The Morgan fingerprint density at radius 1 is 1.28 bits per heavy atom. The Hall–Kier alpha value is -0.160. The fraction of sp³-hybridized carbons (Fsp3) is 1.00. The Morgan fingerprint density at radius 2 is 1.83 bits per heavy atom. The number of ether oxygens (including phenoxy) is 3. The van der Waals surface area contributed by atoms with E-state index in [0.717, 1.165) is 6.42 Å². The van der Waals surface area contributed by atoms with Crippen LogP contribution in [0, 0.1) is 5.41 Å². The van der Waals surface area contributed by atoms with Crippen molar-refractivity contribution in [3.63, 3.8) is 0 Å². The zero-order chi connectivity index (χ0) is 14.2. The summed E-state index contributed by atoms with van der Waals surface area (Å²) in [7, 11) is 3.41. The third-order valence-electron chi connectivity index (χ3n) is 4.58. The number of hydrogen-bond donors (Lipinski definition) is 1. The summed E-state index contributed by atoms with van der Waals surface area (Å²) in [6, 6.07) is 0. The number of methoxy groups -OCH3 is 2. The van der Waals surface area contributed by atoms with Gasteiger partial charge in [-0.1, -0.05) is 20.8 Å². The van der Waals surface area contributed by atoms with Crippen molar-refractivity contribution in [1.82, 2.24) is 0 Å². The van der Waals surface area contributed by atoms with E-state index in [9.17, 15) is 0 Å². The van der Waals surface area contributed by atoms with E-state index < -0.39 is 11.2 Å². The molecule has 4 unspecified atom stereocenters. The maximum Gasteiger partial charge on any atom is 0.134 e. The molecule has 0 bridgehead atoms. The molecule has 1 rings (SSSR count). The van der Waals surface area contributed by atoms with E-state index in [4.69, 9.17) is 19.9 Å². The molecule has 18 heavy (non-hydrogen) atoms. The molecule has 0 aliphatic carbocycles. The summed E-state index contributed by atoms with van der Waals surface area (Å²) in [6.45, 7) is 11.0. The molecule has 0 radical (unpaired) electrons. The van der Waals surface area contributed by atoms with Gasteiger partial charge in [-0.3, -0.25) is 0 Å². The molecule has 0 saturated carbocycles. The van der Waals surface area contributed by atoms with Crippen molar-refractivity contribution in [3.8, 4) is 0 Å². The largest absolute Gasteiger partial charge is 0.375 e. The lowest BCUT2D eigenvalue weighted by atomic mass is 9.69. The Morgan fingerprint density at radius 3 is 2.17 bits per heavy atom. The van der Waals surface area contributed by atoms with Gasteiger partial charge in [-0.25, -0.2) is 0 Å². The molecule has 4 atom stereocenters. The third kappa shape index (κ3) is 2.31. The van der Waals surface area contributed by atoms with Crippen LogP contribution in [0.5, 0.6) is 0 Å². The first-order valence-corrected chi connectivity index (χ1v) is 6.62. The Labute approximate surface area is 111 Å². The second-order valence-corrected chi connectivity index (χ2v) is 6.57. The lowest BCUT2D eigenvalue weighted by molar-refractivity contribution is -0.288. The molecular weight excluding hydrogens is 230 g/mol. The van der Waals surface area contributed by atoms with Crippen LogP contribution in [0.1, 0.15) is 41.0 Å². The maximum absolute atomic E-state index is 6.16. The van der Waals surface area contributed by atoms with Crippen molar-refractivity contribution in [2.75, 3.05) is 20.8 Å². The van der Waals surface area contributed by atoms with Gasteiger partial charge in [0.1, 0.15) is 11.2 Å². The van der Waals surface area contributed by atoms with Gasteiger partial charge in [-0.2, -0.15) is 0 Å². The molecule has 4 nitrogen and oxygen atoms in total. The van der Waals surface area contributed by atoms with E-state index >= 15 is 0 Å². The van der Waals surface area contributed by atoms with Gasteiger partial charge in [0.25, 0.3) is 0 Å². The zero-order valence-corrected chi connectivity index (χ0v) is 12.9. The lowest BCUT2D eigenvalue weighted by Crippen LogP contribution is -2.70. The van der Waals surface area contributed by atoms with Crippen molar-refractivity contribution in [2.24, 2.45) is 11.1 Å². The fourth-order valence-electron chi connectivity index (χ4n) is 2.97. The second kappa shape index (κ2) is 5.08.